The highest BCUT2D eigenvalue weighted by molar-refractivity contribution is 7.99. The first-order valence-electron chi connectivity index (χ1n) is 5.84. The van der Waals surface area contributed by atoms with E-state index >= 15 is 0 Å². The molecule has 90 valence electrons. The molecular weight excluding hydrogens is 254 g/mol. The average Bonchev–Trinajstić information content (AvgIpc) is 2.78. The lowest BCUT2D eigenvalue weighted by Crippen LogP contribution is -2.17. The average molecular weight is 268 g/mol. The number of nitrogens with zero attached hydrogens (tertiary/aromatic N) is 3. The minimum Gasteiger partial charge on any atom is -0.324 e. The van der Waals surface area contributed by atoms with E-state index in [0.29, 0.717) is 11.9 Å². The van der Waals surface area contributed by atoms with Gasteiger partial charge in [-0.15, -0.1) is 11.6 Å². The molecule has 0 atom stereocenters. The summed E-state index contributed by atoms with van der Waals surface area (Å²) in [7, 11) is 0. The van der Waals surface area contributed by atoms with Crippen LogP contribution in [0, 0.1) is 0 Å². The number of aromatic nitrogens is 3. The number of hydrogen-bond donors (Lipinski definition) is 0. The van der Waals surface area contributed by atoms with Crippen molar-refractivity contribution in [2.75, 3.05) is 11.5 Å². The Morgan fingerprint density at radius 1 is 1.41 bits per heavy atom. The molecule has 3 heterocycles. The Hall–Kier alpha value is -0.740. The van der Waals surface area contributed by atoms with Gasteiger partial charge in [0, 0.05) is 12.2 Å². The van der Waals surface area contributed by atoms with Gasteiger partial charge in [-0.2, -0.15) is 11.8 Å². The van der Waals surface area contributed by atoms with Gasteiger partial charge in [-0.25, -0.2) is 4.98 Å². The first kappa shape index (κ1) is 11.4. The molecule has 1 aliphatic rings. The molecule has 1 aliphatic heterocycles. The maximum atomic E-state index is 6.01. The van der Waals surface area contributed by atoms with Crippen LogP contribution in [0.3, 0.4) is 0 Å². The standard InChI is InChI=1S/C12H14ClN3S/c13-7-12-15-10-8-14-4-1-11(10)16(12)9-2-5-17-6-3-9/h1,4,8-9H,2-3,5-7H2. The Labute approximate surface area is 110 Å². The van der Waals surface area contributed by atoms with E-state index < -0.39 is 0 Å². The molecule has 1 saturated heterocycles. The van der Waals surface area contributed by atoms with Crippen molar-refractivity contribution in [3.63, 3.8) is 0 Å². The Balaban J connectivity index is 2.11. The quantitative estimate of drug-likeness (QED) is 0.783. The van der Waals surface area contributed by atoms with Crippen LogP contribution in [0.5, 0.6) is 0 Å². The third-order valence-electron chi connectivity index (χ3n) is 3.24. The van der Waals surface area contributed by atoms with Crippen LogP contribution in [-0.2, 0) is 5.88 Å². The Morgan fingerprint density at radius 3 is 3.00 bits per heavy atom. The van der Waals surface area contributed by atoms with Crippen LogP contribution >= 0.6 is 23.4 Å². The smallest absolute Gasteiger partial charge is 0.125 e. The number of rotatable bonds is 2. The zero-order chi connectivity index (χ0) is 11.7. The minimum absolute atomic E-state index is 0.471. The summed E-state index contributed by atoms with van der Waals surface area (Å²) in [5, 5.41) is 0. The summed E-state index contributed by atoms with van der Waals surface area (Å²) in [5.41, 5.74) is 2.13. The summed E-state index contributed by atoms with van der Waals surface area (Å²) < 4.78 is 2.32. The predicted octanol–water partition coefficient (Wildman–Crippen LogP) is 3.24. The van der Waals surface area contributed by atoms with Crippen molar-refractivity contribution < 1.29 is 0 Å². The van der Waals surface area contributed by atoms with Crippen molar-refractivity contribution in [3.8, 4) is 0 Å². The topological polar surface area (TPSA) is 30.7 Å². The lowest BCUT2D eigenvalue weighted by molar-refractivity contribution is 0.470. The first-order valence-corrected chi connectivity index (χ1v) is 7.53. The number of hydrogen-bond acceptors (Lipinski definition) is 3. The van der Waals surface area contributed by atoms with Gasteiger partial charge in [-0.1, -0.05) is 0 Å². The molecule has 2 aromatic rings. The molecule has 0 saturated carbocycles. The van der Waals surface area contributed by atoms with Crippen LogP contribution in [0.1, 0.15) is 24.7 Å². The van der Waals surface area contributed by atoms with Crippen LogP contribution in [0.15, 0.2) is 18.5 Å². The van der Waals surface area contributed by atoms with Crippen molar-refractivity contribution in [2.45, 2.75) is 24.8 Å². The molecule has 0 radical (unpaired) electrons. The summed E-state index contributed by atoms with van der Waals surface area (Å²) in [4.78, 5) is 8.69. The zero-order valence-corrected chi connectivity index (χ0v) is 11.0. The molecule has 3 nitrogen and oxygen atoms in total. The predicted molar refractivity (Wildman–Crippen MR) is 72.7 cm³/mol. The highest BCUT2D eigenvalue weighted by atomic mass is 35.5. The fraction of sp³-hybridized carbons (Fsp3) is 0.500. The SMILES string of the molecule is ClCc1nc2cnccc2n1C1CCSCC1. The highest BCUT2D eigenvalue weighted by Gasteiger charge is 2.20. The number of alkyl halides is 1. The largest absolute Gasteiger partial charge is 0.324 e. The van der Waals surface area contributed by atoms with E-state index in [-0.39, 0.29) is 0 Å². The van der Waals surface area contributed by atoms with Gasteiger partial charge in [-0.3, -0.25) is 4.98 Å². The fourth-order valence-electron chi connectivity index (χ4n) is 2.45. The van der Waals surface area contributed by atoms with Gasteiger partial charge < -0.3 is 4.57 Å². The van der Waals surface area contributed by atoms with E-state index in [0.717, 1.165) is 11.3 Å². The molecular formula is C12H14ClN3S. The Morgan fingerprint density at radius 2 is 2.24 bits per heavy atom. The van der Waals surface area contributed by atoms with Crippen molar-refractivity contribution in [2.24, 2.45) is 0 Å². The normalized spacial score (nSPS) is 17.7. The van der Waals surface area contributed by atoms with Gasteiger partial charge in [0.15, 0.2) is 0 Å². The van der Waals surface area contributed by atoms with Gasteiger partial charge in [0.05, 0.1) is 17.6 Å². The Bertz CT molecular complexity index is 519. The molecule has 0 bridgehead atoms. The third-order valence-corrected chi connectivity index (χ3v) is 4.53. The molecule has 0 spiro atoms. The zero-order valence-electron chi connectivity index (χ0n) is 9.47. The van der Waals surface area contributed by atoms with Gasteiger partial charge in [0.25, 0.3) is 0 Å². The lowest BCUT2D eigenvalue weighted by atomic mass is 10.1. The Kier molecular flexibility index (Phi) is 3.25. The summed E-state index contributed by atoms with van der Waals surface area (Å²) in [6.45, 7) is 0. The molecule has 2 aromatic heterocycles. The van der Waals surface area contributed by atoms with Crippen molar-refractivity contribution >= 4 is 34.4 Å². The van der Waals surface area contributed by atoms with E-state index in [9.17, 15) is 0 Å². The summed E-state index contributed by atoms with van der Waals surface area (Å²) in [6.07, 6.45) is 6.07. The number of thioether (sulfide) groups is 1. The van der Waals surface area contributed by atoms with Crippen LogP contribution in [0.4, 0.5) is 0 Å². The second-order valence-electron chi connectivity index (χ2n) is 4.24. The molecule has 5 heteroatoms. The number of imidazole rings is 1. The van der Waals surface area contributed by atoms with Crippen LogP contribution in [-0.4, -0.2) is 26.0 Å². The molecule has 0 unspecified atom stereocenters. The van der Waals surface area contributed by atoms with E-state index in [2.05, 4.69) is 14.5 Å². The lowest BCUT2D eigenvalue weighted by Gasteiger charge is -2.24. The summed E-state index contributed by atoms with van der Waals surface area (Å²) in [6, 6.07) is 2.59. The maximum Gasteiger partial charge on any atom is 0.125 e. The van der Waals surface area contributed by atoms with E-state index in [1.165, 1.54) is 29.9 Å². The number of fused-ring (bicyclic) bond motifs is 1. The second-order valence-corrected chi connectivity index (χ2v) is 5.73. The third kappa shape index (κ3) is 2.04. The summed E-state index contributed by atoms with van der Waals surface area (Å²) in [5.74, 6) is 3.92. The fourth-order valence-corrected chi connectivity index (χ4v) is 3.72. The minimum atomic E-state index is 0.471. The second kappa shape index (κ2) is 4.86. The van der Waals surface area contributed by atoms with Gasteiger partial charge >= 0.3 is 0 Å². The molecule has 1 fully saturated rings. The molecule has 0 aromatic carbocycles. The first-order chi connectivity index (χ1) is 8.40. The van der Waals surface area contributed by atoms with E-state index in [1.54, 1.807) is 0 Å². The molecule has 0 aliphatic carbocycles. The van der Waals surface area contributed by atoms with Crippen LogP contribution < -0.4 is 0 Å². The van der Waals surface area contributed by atoms with E-state index in [1.807, 2.05) is 30.2 Å². The van der Waals surface area contributed by atoms with Crippen molar-refractivity contribution in [1.29, 1.82) is 0 Å². The van der Waals surface area contributed by atoms with E-state index in [4.69, 9.17) is 11.6 Å². The molecule has 0 N–H and O–H groups in total. The molecule has 0 amide bonds. The maximum absolute atomic E-state index is 6.01. The van der Waals surface area contributed by atoms with Gasteiger partial charge in [0.2, 0.25) is 0 Å². The van der Waals surface area contributed by atoms with Gasteiger partial charge in [0.1, 0.15) is 11.3 Å². The summed E-state index contributed by atoms with van der Waals surface area (Å²) >= 11 is 8.05. The number of halogens is 1. The monoisotopic (exact) mass is 267 g/mol. The van der Waals surface area contributed by atoms with Crippen molar-refractivity contribution in [1.82, 2.24) is 14.5 Å². The molecule has 3 rings (SSSR count). The molecule has 17 heavy (non-hydrogen) atoms. The number of pyridine rings is 1. The van der Waals surface area contributed by atoms with Gasteiger partial charge in [-0.05, 0) is 30.4 Å². The van der Waals surface area contributed by atoms with Crippen molar-refractivity contribution in [3.05, 3.63) is 24.3 Å². The van der Waals surface area contributed by atoms with Crippen LogP contribution in [0.25, 0.3) is 11.0 Å². The van der Waals surface area contributed by atoms with Crippen LogP contribution in [0.2, 0.25) is 0 Å². The highest BCUT2D eigenvalue weighted by Crippen LogP contribution is 2.31.